The van der Waals surface area contributed by atoms with Crippen LogP contribution in [0.25, 0.3) is 11.3 Å². The molecule has 0 fully saturated rings. The summed E-state index contributed by atoms with van der Waals surface area (Å²) in [5.41, 5.74) is 1.38. The van der Waals surface area contributed by atoms with Crippen molar-refractivity contribution in [3.63, 3.8) is 0 Å². The van der Waals surface area contributed by atoms with Crippen molar-refractivity contribution in [2.24, 2.45) is 10.2 Å². The van der Waals surface area contributed by atoms with Crippen LogP contribution in [-0.2, 0) is 0 Å². The van der Waals surface area contributed by atoms with E-state index in [-0.39, 0.29) is 18.0 Å². The number of rotatable bonds is 4. The van der Waals surface area contributed by atoms with E-state index in [1.165, 1.54) is 24.3 Å². The summed E-state index contributed by atoms with van der Waals surface area (Å²) >= 11 is 0. The van der Waals surface area contributed by atoms with Crippen LogP contribution in [0.3, 0.4) is 0 Å². The number of H-pyrrole nitrogens is 2. The monoisotopic (exact) mass is 352 g/mol. The number of aromatic carboxylic acids is 1. The molecular weight excluding hydrogens is 340 g/mol. The van der Waals surface area contributed by atoms with E-state index >= 15 is 0 Å². The number of aromatic nitrogens is 2. The SMILES string of the molecule is O=C(O)c1ccc(N=Nc2c(-c3ccc4c(c3)OCO4)[nH][nH]c2=O)cc1. The molecule has 2 heterocycles. The van der Waals surface area contributed by atoms with Crippen LogP contribution in [0.4, 0.5) is 11.4 Å². The number of nitrogens with zero attached hydrogens (tertiary/aromatic N) is 2. The Labute approximate surface area is 145 Å². The lowest BCUT2D eigenvalue weighted by molar-refractivity contribution is 0.0697. The van der Waals surface area contributed by atoms with Gasteiger partial charge in [0.1, 0.15) is 0 Å². The summed E-state index contributed by atoms with van der Waals surface area (Å²) in [4.78, 5) is 22.9. The first-order valence-electron chi connectivity index (χ1n) is 7.57. The highest BCUT2D eigenvalue weighted by Gasteiger charge is 2.17. The van der Waals surface area contributed by atoms with Crippen molar-refractivity contribution in [2.75, 3.05) is 6.79 Å². The molecule has 0 bridgehead atoms. The van der Waals surface area contributed by atoms with E-state index in [4.69, 9.17) is 14.6 Å². The molecule has 0 saturated heterocycles. The normalized spacial score (nSPS) is 12.6. The molecule has 0 amide bonds. The van der Waals surface area contributed by atoms with E-state index < -0.39 is 11.5 Å². The van der Waals surface area contributed by atoms with Crippen molar-refractivity contribution in [3.05, 3.63) is 58.4 Å². The quantitative estimate of drug-likeness (QED) is 0.621. The van der Waals surface area contributed by atoms with Crippen LogP contribution in [0.5, 0.6) is 11.5 Å². The molecule has 3 aromatic rings. The zero-order valence-electron chi connectivity index (χ0n) is 13.2. The van der Waals surface area contributed by atoms with Crippen molar-refractivity contribution in [2.45, 2.75) is 0 Å². The number of ether oxygens (including phenoxy) is 2. The molecule has 1 aliphatic rings. The Hall–Kier alpha value is -3.88. The van der Waals surface area contributed by atoms with Crippen LogP contribution in [0, 0.1) is 0 Å². The highest BCUT2D eigenvalue weighted by molar-refractivity contribution is 5.87. The van der Waals surface area contributed by atoms with Gasteiger partial charge in [0.05, 0.1) is 16.9 Å². The fourth-order valence-electron chi connectivity index (χ4n) is 2.49. The minimum absolute atomic E-state index is 0.103. The molecule has 0 unspecified atom stereocenters. The smallest absolute Gasteiger partial charge is 0.335 e. The summed E-state index contributed by atoms with van der Waals surface area (Å²) in [5, 5.41) is 22.2. The van der Waals surface area contributed by atoms with Crippen molar-refractivity contribution < 1.29 is 19.4 Å². The first kappa shape index (κ1) is 15.6. The number of carboxylic acid groups (broad SMARTS) is 1. The van der Waals surface area contributed by atoms with Crippen LogP contribution < -0.4 is 15.0 Å². The molecule has 9 nitrogen and oxygen atoms in total. The molecule has 130 valence electrons. The van der Waals surface area contributed by atoms with Gasteiger partial charge in [-0.15, -0.1) is 5.11 Å². The van der Waals surface area contributed by atoms with Crippen molar-refractivity contribution in [3.8, 4) is 22.8 Å². The first-order valence-corrected chi connectivity index (χ1v) is 7.57. The minimum Gasteiger partial charge on any atom is -0.478 e. The Bertz CT molecular complexity index is 1070. The molecule has 0 aliphatic carbocycles. The fraction of sp³-hybridized carbons (Fsp3) is 0.0588. The van der Waals surface area contributed by atoms with E-state index in [1.807, 2.05) is 0 Å². The summed E-state index contributed by atoms with van der Waals surface area (Å²) in [6.07, 6.45) is 0. The Kier molecular flexibility index (Phi) is 3.73. The average molecular weight is 352 g/mol. The molecule has 26 heavy (non-hydrogen) atoms. The van der Waals surface area contributed by atoms with Gasteiger partial charge < -0.3 is 14.6 Å². The standard InChI is InChI=1S/C17H12N4O5/c22-16-15(20-18-11-4-1-9(2-5-11)17(23)24)14(19-21-16)10-3-6-12-13(7-10)26-8-25-12/h1-7H,8H2,(H,23,24)(H2,19,21,22). The van der Waals surface area contributed by atoms with Crippen LogP contribution in [0.15, 0.2) is 57.5 Å². The average Bonchev–Trinajstić information content (AvgIpc) is 3.26. The van der Waals surface area contributed by atoms with Gasteiger partial charge in [-0.3, -0.25) is 15.0 Å². The number of carboxylic acids is 1. The van der Waals surface area contributed by atoms with Gasteiger partial charge in [0.15, 0.2) is 17.2 Å². The molecule has 9 heteroatoms. The first-order chi connectivity index (χ1) is 12.6. The second-order valence-electron chi connectivity index (χ2n) is 5.42. The Balaban J connectivity index is 1.66. The second kappa shape index (κ2) is 6.20. The molecule has 0 radical (unpaired) electrons. The number of aromatic amines is 2. The third-order valence-electron chi connectivity index (χ3n) is 3.79. The van der Waals surface area contributed by atoms with Gasteiger partial charge in [-0.25, -0.2) is 4.79 Å². The van der Waals surface area contributed by atoms with Crippen molar-refractivity contribution in [1.29, 1.82) is 0 Å². The summed E-state index contributed by atoms with van der Waals surface area (Å²) in [6.45, 7) is 0.154. The van der Waals surface area contributed by atoms with Crippen LogP contribution >= 0.6 is 0 Å². The van der Waals surface area contributed by atoms with Gasteiger partial charge in [0.25, 0.3) is 5.56 Å². The van der Waals surface area contributed by atoms with E-state index in [9.17, 15) is 9.59 Å². The lowest BCUT2D eigenvalue weighted by Gasteiger charge is -2.01. The molecule has 2 aromatic carbocycles. The van der Waals surface area contributed by atoms with Gasteiger partial charge in [0, 0.05) is 5.56 Å². The Morgan fingerprint density at radius 1 is 1.00 bits per heavy atom. The second-order valence-corrected chi connectivity index (χ2v) is 5.42. The third kappa shape index (κ3) is 2.81. The zero-order valence-corrected chi connectivity index (χ0v) is 13.2. The largest absolute Gasteiger partial charge is 0.478 e. The van der Waals surface area contributed by atoms with Gasteiger partial charge >= 0.3 is 5.97 Å². The predicted octanol–water partition coefficient (Wildman–Crippen LogP) is 3.21. The zero-order chi connectivity index (χ0) is 18.1. The van der Waals surface area contributed by atoms with Gasteiger partial charge in [-0.2, -0.15) is 5.11 Å². The molecule has 4 rings (SSSR count). The number of nitrogens with one attached hydrogen (secondary N) is 2. The third-order valence-corrected chi connectivity index (χ3v) is 3.79. The van der Waals surface area contributed by atoms with Gasteiger partial charge in [0.2, 0.25) is 6.79 Å². The van der Waals surface area contributed by atoms with Crippen LogP contribution in [0.1, 0.15) is 10.4 Å². The molecular formula is C17H12N4O5. The minimum atomic E-state index is -1.03. The van der Waals surface area contributed by atoms with Crippen LogP contribution in [-0.4, -0.2) is 28.1 Å². The Morgan fingerprint density at radius 3 is 2.54 bits per heavy atom. The van der Waals surface area contributed by atoms with Gasteiger partial charge in [-0.05, 0) is 42.5 Å². The number of fused-ring (bicyclic) bond motifs is 1. The number of benzene rings is 2. The number of carbonyl (C=O) groups is 1. The van der Waals surface area contributed by atoms with E-state index in [0.29, 0.717) is 28.4 Å². The van der Waals surface area contributed by atoms with Crippen molar-refractivity contribution in [1.82, 2.24) is 10.2 Å². The number of hydrogen-bond donors (Lipinski definition) is 3. The predicted molar refractivity (Wildman–Crippen MR) is 90.5 cm³/mol. The number of azo groups is 1. The van der Waals surface area contributed by atoms with E-state index in [2.05, 4.69) is 20.4 Å². The lowest BCUT2D eigenvalue weighted by Crippen LogP contribution is -1.96. The maximum atomic E-state index is 12.0. The maximum Gasteiger partial charge on any atom is 0.335 e. The lowest BCUT2D eigenvalue weighted by atomic mass is 10.1. The summed E-state index contributed by atoms with van der Waals surface area (Å²) in [7, 11) is 0. The topological polar surface area (TPSA) is 129 Å². The van der Waals surface area contributed by atoms with E-state index in [1.54, 1.807) is 18.2 Å². The summed E-state index contributed by atoms with van der Waals surface area (Å²) < 4.78 is 10.6. The molecule has 0 spiro atoms. The molecule has 0 saturated carbocycles. The van der Waals surface area contributed by atoms with Crippen molar-refractivity contribution >= 4 is 17.3 Å². The Morgan fingerprint density at radius 2 is 1.77 bits per heavy atom. The maximum absolute atomic E-state index is 12.0. The van der Waals surface area contributed by atoms with Crippen LogP contribution in [0.2, 0.25) is 0 Å². The fourth-order valence-corrected chi connectivity index (χ4v) is 2.49. The molecule has 3 N–H and O–H groups in total. The summed E-state index contributed by atoms with van der Waals surface area (Å²) in [5.74, 6) is 0.186. The molecule has 1 aliphatic heterocycles. The highest BCUT2D eigenvalue weighted by atomic mass is 16.7. The van der Waals surface area contributed by atoms with Gasteiger partial charge in [-0.1, -0.05) is 0 Å². The molecule has 0 atom stereocenters. The number of hydrogen-bond acceptors (Lipinski definition) is 6. The van der Waals surface area contributed by atoms with E-state index in [0.717, 1.165) is 0 Å². The molecule has 1 aromatic heterocycles. The highest BCUT2D eigenvalue weighted by Crippen LogP contribution is 2.37. The summed E-state index contributed by atoms with van der Waals surface area (Å²) in [6, 6.07) is 11.1.